The van der Waals surface area contributed by atoms with E-state index in [0.29, 0.717) is 17.9 Å². The Bertz CT molecular complexity index is 373. The second-order valence-corrected chi connectivity index (χ2v) is 3.97. The highest BCUT2D eigenvalue weighted by Gasteiger charge is 2.14. The van der Waals surface area contributed by atoms with E-state index in [9.17, 15) is 4.79 Å². The van der Waals surface area contributed by atoms with Crippen LogP contribution in [0.1, 0.15) is 16.2 Å². The van der Waals surface area contributed by atoms with E-state index in [1.807, 2.05) is 0 Å². The molecule has 0 aliphatic carbocycles. The van der Waals surface area contributed by atoms with E-state index in [4.69, 9.17) is 4.74 Å². The van der Waals surface area contributed by atoms with Crippen molar-refractivity contribution in [1.82, 2.24) is 25.6 Å². The molecule has 1 aliphatic rings. The average molecular weight is 239 g/mol. The Morgan fingerprint density at radius 2 is 2.24 bits per heavy atom. The second kappa shape index (κ2) is 5.74. The number of carbonyl (C=O) groups is 1. The molecular weight excluding hydrogens is 222 g/mol. The maximum absolute atomic E-state index is 11.7. The van der Waals surface area contributed by atoms with Gasteiger partial charge >= 0.3 is 0 Å². The molecule has 2 N–H and O–H groups in total. The fourth-order valence-corrected chi connectivity index (χ4v) is 1.73. The first-order valence-corrected chi connectivity index (χ1v) is 5.73. The van der Waals surface area contributed by atoms with Crippen LogP contribution in [0.3, 0.4) is 0 Å². The number of H-pyrrole nitrogens is 1. The van der Waals surface area contributed by atoms with Crippen LogP contribution in [0.2, 0.25) is 0 Å². The van der Waals surface area contributed by atoms with Crippen LogP contribution in [0, 0.1) is 6.92 Å². The van der Waals surface area contributed by atoms with Gasteiger partial charge in [0.25, 0.3) is 5.91 Å². The van der Waals surface area contributed by atoms with Gasteiger partial charge < -0.3 is 10.1 Å². The molecule has 7 heteroatoms. The molecule has 1 amide bonds. The summed E-state index contributed by atoms with van der Waals surface area (Å²) in [4.78, 5) is 14.0. The van der Waals surface area contributed by atoms with Crippen molar-refractivity contribution in [3.63, 3.8) is 0 Å². The summed E-state index contributed by atoms with van der Waals surface area (Å²) in [6.07, 6.45) is 0. The van der Waals surface area contributed by atoms with Gasteiger partial charge in [-0.2, -0.15) is 15.4 Å². The summed E-state index contributed by atoms with van der Waals surface area (Å²) in [7, 11) is 0. The monoisotopic (exact) mass is 239 g/mol. The van der Waals surface area contributed by atoms with E-state index in [-0.39, 0.29) is 5.91 Å². The highest BCUT2D eigenvalue weighted by atomic mass is 16.5. The summed E-state index contributed by atoms with van der Waals surface area (Å²) in [5, 5.41) is 12.9. The molecule has 1 aliphatic heterocycles. The maximum atomic E-state index is 11.7. The largest absolute Gasteiger partial charge is 0.379 e. The number of hydrogen-bond acceptors (Lipinski definition) is 5. The molecule has 0 bridgehead atoms. The number of hydrogen-bond donors (Lipinski definition) is 2. The van der Waals surface area contributed by atoms with Gasteiger partial charge in [0.2, 0.25) is 0 Å². The van der Waals surface area contributed by atoms with Gasteiger partial charge in [-0.1, -0.05) is 0 Å². The van der Waals surface area contributed by atoms with Crippen molar-refractivity contribution in [2.24, 2.45) is 0 Å². The van der Waals surface area contributed by atoms with E-state index in [0.717, 1.165) is 32.8 Å². The minimum absolute atomic E-state index is 0.176. The highest BCUT2D eigenvalue weighted by molar-refractivity contribution is 5.93. The molecule has 1 aromatic heterocycles. The van der Waals surface area contributed by atoms with Crippen LogP contribution in [0.25, 0.3) is 0 Å². The van der Waals surface area contributed by atoms with Gasteiger partial charge in [0.05, 0.1) is 18.9 Å². The van der Waals surface area contributed by atoms with Crippen LogP contribution >= 0.6 is 0 Å². The summed E-state index contributed by atoms with van der Waals surface area (Å²) < 4.78 is 5.25. The number of aryl methyl sites for hydroxylation is 1. The summed E-state index contributed by atoms with van der Waals surface area (Å²) >= 11 is 0. The number of amides is 1. The Kier molecular flexibility index (Phi) is 4.05. The number of rotatable bonds is 4. The Hall–Kier alpha value is -1.47. The van der Waals surface area contributed by atoms with Crippen molar-refractivity contribution in [3.05, 3.63) is 11.4 Å². The molecular formula is C10H17N5O2. The number of ether oxygens (including phenoxy) is 1. The first-order chi connectivity index (χ1) is 8.27. The first kappa shape index (κ1) is 12.0. The van der Waals surface area contributed by atoms with Crippen molar-refractivity contribution in [2.45, 2.75) is 6.92 Å². The molecule has 7 nitrogen and oxygen atoms in total. The van der Waals surface area contributed by atoms with Crippen LogP contribution < -0.4 is 5.32 Å². The number of nitrogens with zero attached hydrogens (tertiary/aromatic N) is 3. The average Bonchev–Trinajstić information content (AvgIpc) is 2.77. The van der Waals surface area contributed by atoms with Gasteiger partial charge in [-0.25, -0.2) is 0 Å². The lowest BCUT2D eigenvalue weighted by Gasteiger charge is -2.26. The normalized spacial score (nSPS) is 17.0. The Morgan fingerprint density at radius 3 is 2.88 bits per heavy atom. The fraction of sp³-hybridized carbons (Fsp3) is 0.700. The molecule has 0 saturated carbocycles. The molecule has 1 aromatic rings. The first-order valence-electron chi connectivity index (χ1n) is 5.73. The fourth-order valence-electron chi connectivity index (χ4n) is 1.73. The van der Waals surface area contributed by atoms with Crippen molar-refractivity contribution >= 4 is 5.91 Å². The Labute approximate surface area is 99.5 Å². The lowest BCUT2D eigenvalue weighted by molar-refractivity contribution is 0.0383. The Balaban J connectivity index is 1.71. The van der Waals surface area contributed by atoms with Crippen LogP contribution in [0.5, 0.6) is 0 Å². The molecule has 0 spiro atoms. The van der Waals surface area contributed by atoms with Crippen LogP contribution in [-0.2, 0) is 4.74 Å². The topological polar surface area (TPSA) is 83.1 Å². The predicted octanol–water partition coefficient (Wildman–Crippen LogP) is -0.825. The van der Waals surface area contributed by atoms with Crippen LogP contribution in [0.15, 0.2) is 0 Å². The maximum Gasteiger partial charge on any atom is 0.273 e. The zero-order valence-corrected chi connectivity index (χ0v) is 9.90. The molecule has 2 rings (SSSR count). The smallest absolute Gasteiger partial charge is 0.273 e. The summed E-state index contributed by atoms with van der Waals surface area (Å²) in [6.45, 7) is 6.61. The summed E-state index contributed by atoms with van der Waals surface area (Å²) in [6, 6.07) is 0. The quantitative estimate of drug-likeness (QED) is 0.717. The number of morpholine rings is 1. The number of aromatic nitrogens is 3. The standard InChI is InChI=1S/C10H17N5O2/c1-8-9(13-14-12-8)10(16)11-2-3-15-4-6-17-7-5-15/h2-7H2,1H3,(H,11,16)(H,12,13,14). The molecule has 0 radical (unpaired) electrons. The SMILES string of the molecule is Cc1n[nH]nc1C(=O)NCCN1CCOCC1. The number of aromatic amines is 1. The lowest BCUT2D eigenvalue weighted by atomic mass is 10.3. The zero-order chi connectivity index (χ0) is 12.1. The molecule has 94 valence electrons. The Morgan fingerprint density at radius 1 is 1.47 bits per heavy atom. The lowest BCUT2D eigenvalue weighted by Crippen LogP contribution is -2.41. The van der Waals surface area contributed by atoms with Crippen LogP contribution in [-0.4, -0.2) is 65.6 Å². The van der Waals surface area contributed by atoms with Gasteiger partial charge in [-0.05, 0) is 6.92 Å². The molecule has 0 unspecified atom stereocenters. The van der Waals surface area contributed by atoms with Crippen molar-refractivity contribution < 1.29 is 9.53 Å². The second-order valence-electron chi connectivity index (χ2n) is 3.97. The van der Waals surface area contributed by atoms with Crippen molar-refractivity contribution in [2.75, 3.05) is 39.4 Å². The van der Waals surface area contributed by atoms with Gasteiger partial charge in [-0.3, -0.25) is 9.69 Å². The van der Waals surface area contributed by atoms with Gasteiger partial charge in [-0.15, -0.1) is 0 Å². The molecule has 2 heterocycles. The number of carbonyl (C=O) groups excluding carboxylic acids is 1. The van der Waals surface area contributed by atoms with E-state index in [2.05, 4.69) is 25.6 Å². The highest BCUT2D eigenvalue weighted by Crippen LogP contribution is 1.98. The summed E-state index contributed by atoms with van der Waals surface area (Å²) in [5.41, 5.74) is 0.987. The molecule has 1 saturated heterocycles. The van der Waals surface area contributed by atoms with Gasteiger partial charge in [0.1, 0.15) is 0 Å². The van der Waals surface area contributed by atoms with E-state index >= 15 is 0 Å². The number of nitrogens with one attached hydrogen (secondary N) is 2. The third-order valence-electron chi connectivity index (χ3n) is 2.75. The van der Waals surface area contributed by atoms with E-state index in [1.54, 1.807) is 6.92 Å². The van der Waals surface area contributed by atoms with Crippen molar-refractivity contribution in [3.8, 4) is 0 Å². The van der Waals surface area contributed by atoms with Gasteiger partial charge in [0.15, 0.2) is 5.69 Å². The minimum atomic E-state index is -0.176. The molecule has 1 fully saturated rings. The van der Waals surface area contributed by atoms with Gasteiger partial charge in [0, 0.05) is 26.2 Å². The third kappa shape index (κ3) is 3.24. The van der Waals surface area contributed by atoms with Crippen LogP contribution in [0.4, 0.5) is 0 Å². The minimum Gasteiger partial charge on any atom is -0.379 e. The van der Waals surface area contributed by atoms with E-state index in [1.165, 1.54) is 0 Å². The van der Waals surface area contributed by atoms with E-state index < -0.39 is 0 Å². The molecule has 0 atom stereocenters. The molecule has 0 aromatic carbocycles. The molecule has 17 heavy (non-hydrogen) atoms. The van der Waals surface area contributed by atoms with Crippen molar-refractivity contribution in [1.29, 1.82) is 0 Å². The summed E-state index contributed by atoms with van der Waals surface area (Å²) in [5.74, 6) is -0.176. The predicted molar refractivity (Wildman–Crippen MR) is 60.7 cm³/mol. The third-order valence-corrected chi connectivity index (χ3v) is 2.75. The zero-order valence-electron chi connectivity index (χ0n) is 9.90.